The second-order valence-electron chi connectivity index (χ2n) is 4.56. The molecule has 1 saturated heterocycles. The molecule has 2 rings (SSSR count). The molecule has 0 bridgehead atoms. The average Bonchev–Trinajstić information content (AvgIpc) is 2.30. The van der Waals surface area contributed by atoms with E-state index >= 15 is 0 Å². The Kier molecular flexibility index (Phi) is 3.78. The van der Waals surface area contributed by atoms with Crippen molar-refractivity contribution in [2.24, 2.45) is 0 Å². The minimum atomic E-state index is 0.639. The summed E-state index contributed by atoms with van der Waals surface area (Å²) in [5.74, 6) is 0. The molecule has 0 spiro atoms. The Bertz CT molecular complexity index is 336. The van der Waals surface area contributed by atoms with Crippen molar-refractivity contribution >= 4 is 5.69 Å². The first-order chi connectivity index (χ1) is 7.81. The summed E-state index contributed by atoms with van der Waals surface area (Å²) in [4.78, 5) is 6.79. The summed E-state index contributed by atoms with van der Waals surface area (Å²) < 4.78 is 0. The summed E-state index contributed by atoms with van der Waals surface area (Å²) in [6.07, 6.45) is 5.87. The monoisotopic (exact) mass is 219 g/mol. The van der Waals surface area contributed by atoms with Crippen molar-refractivity contribution < 1.29 is 0 Å². The van der Waals surface area contributed by atoms with Crippen molar-refractivity contribution in [3.8, 4) is 0 Å². The summed E-state index contributed by atoms with van der Waals surface area (Å²) >= 11 is 0. The fraction of sp³-hybridized carbons (Fsp3) is 0.615. The highest BCUT2D eigenvalue weighted by atomic mass is 15.2. The molecule has 3 nitrogen and oxygen atoms in total. The van der Waals surface area contributed by atoms with E-state index in [2.05, 4.69) is 34.3 Å². The Morgan fingerprint density at radius 1 is 1.50 bits per heavy atom. The molecule has 1 aliphatic heterocycles. The average molecular weight is 219 g/mol. The van der Waals surface area contributed by atoms with Gasteiger partial charge in [-0.1, -0.05) is 0 Å². The lowest BCUT2D eigenvalue weighted by molar-refractivity contribution is 0.446. The van der Waals surface area contributed by atoms with E-state index in [-0.39, 0.29) is 0 Å². The topological polar surface area (TPSA) is 28.2 Å². The van der Waals surface area contributed by atoms with Crippen LogP contribution in [-0.4, -0.2) is 31.2 Å². The largest absolute Gasteiger partial charge is 0.367 e. The number of anilines is 1. The molecule has 3 heteroatoms. The van der Waals surface area contributed by atoms with Crippen LogP contribution in [0.25, 0.3) is 0 Å². The van der Waals surface area contributed by atoms with Gasteiger partial charge in [-0.05, 0) is 45.4 Å². The Hall–Kier alpha value is -1.09. The lowest BCUT2D eigenvalue weighted by Crippen LogP contribution is -2.45. The number of likely N-dealkylation sites (N-methyl/N-ethyl adjacent to an activating group) is 1. The molecular formula is C13H21N3. The highest BCUT2D eigenvalue weighted by molar-refractivity contribution is 5.48. The van der Waals surface area contributed by atoms with E-state index in [1.54, 1.807) is 0 Å². The SMILES string of the molecule is CNCC1CCCCN1c1ccnc(C)c1. The smallest absolute Gasteiger partial charge is 0.0414 e. The van der Waals surface area contributed by atoms with Gasteiger partial charge in [0.2, 0.25) is 0 Å². The van der Waals surface area contributed by atoms with Crippen molar-refractivity contribution in [1.29, 1.82) is 0 Å². The molecule has 1 atom stereocenters. The van der Waals surface area contributed by atoms with Gasteiger partial charge in [0.1, 0.15) is 0 Å². The number of rotatable bonds is 3. The highest BCUT2D eigenvalue weighted by Gasteiger charge is 2.21. The molecule has 0 saturated carbocycles. The molecule has 1 fully saturated rings. The first-order valence-corrected chi connectivity index (χ1v) is 6.15. The van der Waals surface area contributed by atoms with Gasteiger partial charge in [0, 0.05) is 36.7 Å². The number of nitrogens with zero attached hydrogens (tertiary/aromatic N) is 2. The summed E-state index contributed by atoms with van der Waals surface area (Å²) in [5.41, 5.74) is 2.43. The van der Waals surface area contributed by atoms with Gasteiger partial charge < -0.3 is 10.2 Å². The van der Waals surface area contributed by atoms with Crippen molar-refractivity contribution in [1.82, 2.24) is 10.3 Å². The van der Waals surface area contributed by atoms with Crippen molar-refractivity contribution in [3.63, 3.8) is 0 Å². The van der Waals surface area contributed by atoms with Crippen LogP contribution < -0.4 is 10.2 Å². The van der Waals surface area contributed by atoms with Gasteiger partial charge in [0.05, 0.1) is 0 Å². The lowest BCUT2D eigenvalue weighted by Gasteiger charge is -2.37. The number of piperidine rings is 1. The summed E-state index contributed by atoms with van der Waals surface area (Å²) in [7, 11) is 2.03. The van der Waals surface area contributed by atoms with Gasteiger partial charge in [0.15, 0.2) is 0 Å². The second-order valence-corrected chi connectivity index (χ2v) is 4.56. The Morgan fingerprint density at radius 2 is 2.38 bits per heavy atom. The van der Waals surface area contributed by atoms with Crippen LogP contribution in [0.4, 0.5) is 5.69 Å². The van der Waals surface area contributed by atoms with Gasteiger partial charge in [0.25, 0.3) is 0 Å². The summed E-state index contributed by atoms with van der Waals surface area (Å²) in [6.45, 7) is 4.30. The van der Waals surface area contributed by atoms with E-state index in [1.165, 1.54) is 31.5 Å². The summed E-state index contributed by atoms with van der Waals surface area (Å²) in [5, 5.41) is 3.29. The lowest BCUT2D eigenvalue weighted by atomic mass is 10.0. The van der Waals surface area contributed by atoms with E-state index in [0.717, 1.165) is 12.2 Å². The van der Waals surface area contributed by atoms with Gasteiger partial charge in [-0.15, -0.1) is 0 Å². The number of hydrogen-bond donors (Lipinski definition) is 1. The molecular weight excluding hydrogens is 198 g/mol. The van der Waals surface area contributed by atoms with Crippen LogP contribution in [0.15, 0.2) is 18.3 Å². The maximum atomic E-state index is 4.26. The van der Waals surface area contributed by atoms with Crippen molar-refractivity contribution in [3.05, 3.63) is 24.0 Å². The molecule has 1 unspecified atom stereocenters. The number of nitrogens with one attached hydrogen (secondary N) is 1. The molecule has 1 aromatic heterocycles. The Labute approximate surface area is 97.9 Å². The van der Waals surface area contributed by atoms with Gasteiger partial charge >= 0.3 is 0 Å². The van der Waals surface area contributed by atoms with Gasteiger partial charge in [-0.25, -0.2) is 0 Å². The first-order valence-electron chi connectivity index (χ1n) is 6.15. The van der Waals surface area contributed by atoms with Crippen LogP contribution in [0.3, 0.4) is 0 Å². The fourth-order valence-corrected chi connectivity index (χ4v) is 2.50. The third-order valence-corrected chi connectivity index (χ3v) is 3.28. The van der Waals surface area contributed by atoms with Crippen molar-refractivity contribution in [2.45, 2.75) is 32.2 Å². The van der Waals surface area contributed by atoms with Gasteiger partial charge in [-0.3, -0.25) is 4.98 Å². The standard InChI is InChI=1S/C13H21N3/c1-11-9-12(6-7-15-11)16-8-4-3-5-13(16)10-14-2/h6-7,9,13-14H,3-5,8,10H2,1-2H3. The van der Waals surface area contributed by atoms with Crippen LogP contribution >= 0.6 is 0 Å². The Balaban J connectivity index is 2.16. The van der Waals surface area contributed by atoms with E-state index in [1.807, 2.05) is 13.2 Å². The molecule has 0 radical (unpaired) electrons. The molecule has 0 amide bonds. The number of aryl methyl sites for hydroxylation is 1. The normalized spacial score (nSPS) is 21.1. The number of hydrogen-bond acceptors (Lipinski definition) is 3. The summed E-state index contributed by atoms with van der Waals surface area (Å²) in [6, 6.07) is 4.95. The second kappa shape index (κ2) is 5.30. The quantitative estimate of drug-likeness (QED) is 0.842. The molecule has 2 heterocycles. The molecule has 1 N–H and O–H groups in total. The maximum absolute atomic E-state index is 4.26. The van der Waals surface area contributed by atoms with E-state index in [4.69, 9.17) is 0 Å². The maximum Gasteiger partial charge on any atom is 0.0414 e. The van der Waals surface area contributed by atoms with Gasteiger partial charge in [-0.2, -0.15) is 0 Å². The van der Waals surface area contributed by atoms with E-state index < -0.39 is 0 Å². The molecule has 0 aliphatic carbocycles. The first kappa shape index (κ1) is 11.4. The zero-order valence-electron chi connectivity index (χ0n) is 10.2. The molecule has 16 heavy (non-hydrogen) atoms. The van der Waals surface area contributed by atoms with Crippen molar-refractivity contribution in [2.75, 3.05) is 25.0 Å². The third kappa shape index (κ3) is 2.53. The number of pyridine rings is 1. The van der Waals surface area contributed by atoms with E-state index in [0.29, 0.717) is 6.04 Å². The minimum absolute atomic E-state index is 0.639. The predicted molar refractivity (Wildman–Crippen MR) is 67.9 cm³/mol. The molecule has 1 aliphatic rings. The minimum Gasteiger partial charge on any atom is -0.367 e. The van der Waals surface area contributed by atoms with Crippen LogP contribution in [0.1, 0.15) is 25.0 Å². The number of aromatic nitrogens is 1. The zero-order chi connectivity index (χ0) is 11.4. The Morgan fingerprint density at radius 3 is 3.12 bits per heavy atom. The molecule has 1 aromatic rings. The zero-order valence-corrected chi connectivity index (χ0v) is 10.2. The van der Waals surface area contributed by atoms with Crippen LogP contribution in [0.2, 0.25) is 0 Å². The fourth-order valence-electron chi connectivity index (χ4n) is 2.50. The van der Waals surface area contributed by atoms with E-state index in [9.17, 15) is 0 Å². The third-order valence-electron chi connectivity index (χ3n) is 3.28. The van der Waals surface area contributed by atoms with Crippen LogP contribution in [-0.2, 0) is 0 Å². The predicted octanol–water partition coefficient (Wildman–Crippen LogP) is 1.97. The van der Waals surface area contributed by atoms with Crippen LogP contribution in [0, 0.1) is 6.92 Å². The highest BCUT2D eigenvalue weighted by Crippen LogP contribution is 2.24. The molecule has 0 aromatic carbocycles. The van der Waals surface area contributed by atoms with Crippen LogP contribution in [0.5, 0.6) is 0 Å². The molecule has 88 valence electrons.